The molecular weight excluding hydrogens is 237 g/mol. The average molecular weight is 247 g/mol. The minimum atomic E-state index is 0.202. The van der Waals surface area contributed by atoms with E-state index in [1.165, 1.54) is 11.1 Å². The molecule has 0 amide bonds. The number of nitrogens with two attached hydrogens (primary N) is 1. The average Bonchev–Trinajstić information content (AvgIpc) is 2.41. The molecule has 1 aromatic carbocycles. The molecule has 0 spiro atoms. The summed E-state index contributed by atoms with van der Waals surface area (Å²) in [6.45, 7) is 0. The van der Waals surface area contributed by atoms with E-state index in [2.05, 4.69) is 15.9 Å². The lowest BCUT2D eigenvalue weighted by molar-refractivity contribution is 0.713. The summed E-state index contributed by atoms with van der Waals surface area (Å²) in [5.41, 5.74) is 8.43. The molecule has 0 bridgehead atoms. The van der Waals surface area contributed by atoms with Gasteiger partial charge in [-0.15, -0.1) is 0 Å². The van der Waals surface area contributed by atoms with Crippen molar-refractivity contribution in [2.45, 2.75) is 18.9 Å². The van der Waals surface area contributed by atoms with Gasteiger partial charge < -0.3 is 5.73 Å². The van der Waals surface area contributed by atoms with Gasteiger partial charge in [0.2, 0.25) is 0 Å². The molecule has 0 aliphatic heterocycles. The summed E-state index contributed by atoms with van der Waals surface area (Å²) in [4.78, 5) is 0. The van der Waals surface area contributed by atoms with Crippen molar-refractivity contribution in [3.05, 3.63) is 32.8 Å². The summed E-state index contributed by atoms with van der Waals surface area (Å²) < 4.78 is 1.02. The van der Waals surface area contributed by atoms with Crippen LogP contribution in [0, 0.1) is 0 Å². The van der Waals surface area contributed by atoms with Gasteiger partial charge in [-0.25, -0.2) is 0 Å². The maximum Gasteiger partial charge on any atom is 0.0551 e. The van der Waals surface area contributed by atoms with Crippen molar-refractivity contribution in [2.75, 3.05) is 0 Å². The Labute approximate surface area is 85.0 Å². The molecule has 2 rings (SSSR count). The van der Waals surface area contributed by atoms with E-state index in [-0.39, 0.29) is 6.04 Å². The van der Waals surface area contributed by atoms with Gasteiger partial charge in [0.05, 0.1) is 5.02 Å². The summed E-state index contributed by atoms with van der Waals surface area (Å²) in [6.07, 6.45) is 2.08. The summed E-state index contributed by atoms with van der Waals surface area (Å²) in [6, 6.07) is 4.13. The zero-order valence-corrected chi connectivity index (χ0v) is 8.82. The first kappa shape index (κ1) is 8.54. The topological polar surface area (TPSA) is 26.0 Å². The Bertz CT molecular complexity index is 325. The van der Waals surface area contributed by atoms with Gasteiger partial charge in [0, 0.05) is 10.5 Å². The molecule has 1 atom stereocenters. The van der Waals surface area contributed by atoms with Crippen LogP contribution in [-0.2, 0) is 6.42 Å². The molecule has 0 radical (unpaired) electrons. The Kier molecular flexibility index (Phi) is 2.15. The SMILES string of the molecule is N[C@H]1CCc2c1ccc(Cl)c2Br. The van der Waals surface area contributed by atoms with Crippen LogP contribution in [0.2, 0.25) is 5.02 Å². The van der Waals surface area contributed by atoms with Gasteiger partial charge in [-0.3, -0.25) is 0 Å². The lowest BCUT2D eigenvalue weighted by atomic mass is 10.1. The Hall–Kier alpha value is -0.0500. The van der Waals surface area contributed by atoms with Crippen LogP contribution in [0.5, 0.6) is 0 Å². The second kappa shape index (κ2) is 3.02. The van der Waals surface area contributed by atoms with Crippen molar-refractivity contribution in [3.63, 3.8) is 0 Å². The highest BCUT2D eigenvalue weighted by Crippen LogP contribution is 2.37. The molecule has 1 aliphatic rings. The summed E-state index contributed by atoms with van der Waals surface area (Å²) in [5, 5.41) is 0.780. The number of hydrogen-bond acceptors (Lipinski definition) is 1. The Balaban J connectivity index is 2.60. The number of rotatable bonds is 0. The molecule has 12 heavy (non-hydrogen) atoms. The fraction of sp³-hybridized carbons (Fsp3) is 0.333. The van der Waals surface area contributed by atoms with E-state index in [0.717, 1.165) is 22.3 Å². The molecule has 0 saturated carbocycles. The third-order valence-electron chi connectivity index (χ3n) is 2.34. The first-order valence-electron chi connectivity index (χ1n) is 3.92. The molecule has 64 valence electrons. The molecule has 0 saturated heterocycles. The van der Waals surface area contributed by atoms with E-state index in [1.807, 2.05) is 12.1 Å². The van der Waals surface area contributed by atoms with E-state index < -0.39 is 0 Å². The van der Waals surface area contributed by atoms with Gasteiger partial charge >= 0.3 is 0 Å². The van der Waals surface area contributed by atoms with Crippen LogP contribution in [0.4, 0.5) is 0 Å². The molecule has 2 N–H and O–H groups in total. The number of fused-ring (bicyclic) bond motifs is 1. The largest absolute Gasteiger partial charge is 0.324 e. The maximum absolute atomic E-state index is 5.95. The molecule has 0 heterocycles. The van der Waals surface area contributed by atoms with E-state index in [1.54, 1.807) is 0 Å². The minimum Gasteiger partial charge on any atom is -0.324 e. The van der Waals surface area contributed by atoms with Crippen molar-refractivity contribution in [1.82, 2.24) is 0 Å². The quantitative estimate of drug-likeness (QED) is 0.748. The maximum atomic E-state index is 5.95. The minimum absolute atomic E-state index is 0.202. The van der Waals surface area contributed by atoms with E-state index in [4.69, 9.17) is 17.3 Å². The van der Waals surface area contributed by atoms with Crippen LogP contribution >= 0.6 is 27.5 Å². The van der Waals surface area contributed by atoms with Crippen molar-refractivity contribution in [2.24, 2.45) is 5.73 Å². The third kappa shape index (κ3) is 1.18. The second-order valence-corrected chi connectivity index (χ2v) is 4.27. The van der Waals surface area contributed by atoms with Crippen LogP contribution in [0.15, 0.2) is 16.6 Å². The van der Waals surface area contributed by atoms with Crippen molar-refractivity contribution in [3.8, 4) is 0 Å². The Morgan fingerprint density at radius 1 is 1.50 bits per heavy atom. The zero-order valence-electron chi connectivity index (χ0n) is 6.48. The predicted octanol–water partition coefficient (Wildman–Crippen LogP) is 3.05. The highest BCUT2D eigenvalue weighted by Gasteiger charge is 2.21. The monoisotopic (exact) mass is 245 g/mol. The van der Waals surface area contributed by atoms with E-state index in [9.17, 15) is 0 Å². The Morgan fingerprint density at radius 2 is 2.25 bits per heavy atom. The van der Waals surface area contributed by atoms with Crippen LogP contribution in [0.3, 0.4) is 0 Å². The lowest BCUT2D eigenvalue weighted by Gasteiger charge is -2.06. The lowest BCUT2D eigenvalue weighted by Crippen LogP contribution is -2.04. The fourth-order valence-corrected chi connectivity index (χ4v) is 2.40. The van der Waals surface area contributed by atoms with Crippen LogP contribution < -0.4 is 5.73 Å². The second-order valence-electron chi connectivity index (χ2n) is 3.07. The van der Waals surface area contributed by atoms with E-state index in [0.29, 0.717) is 0 Å². The molecule has 3 heteroatoms. The first-order chi connectivity index (χ1) is 5.70. The van der Waals surface area contributed by atoms with Crippen molar-refractivity contribution < 1.29 is 0 Å². The van der Waals surface area contributed by atoms with Crippen LogP contribution in [0.1, 0.15) is 23.6 Å². The van der Waals surface area contributed by atoms with Crippen LogP contribution in [-0.4, -0.2) is 0 Å². The standard InChI is InChI=1S/C9H9BrClN/c10-9-6-2-4-8(12)5(6)1-3-7(9)11/h1,3,8H,2,4,12H2/t8-/m0/s1. The predicted molar refractivity (Wildman–Crippen MR) is 54.4 cm³/mol. The highest BCUT2D eigenvalue weighted by molar-refractivity contribution is 9.10. The van der Waals surface area contributed by atoms with E-state index >= 15 is 0 Å². The number of hydrogen-bond donors (Lipinski definition) is 1. The molecule has 0 aromatic heterocycles. The van der Waals surface area contributed by atoms with Gasteiger partial charge in [0.25, 0.3) is 0 Å². The first-order valence-corrected chi connectivity index (χ1v) is 5.09. The Morgan fingerprint density at radius 3 is 3.00 bits per heavy atom. The van der Waals surface area contributed by atoms with Gasteiger partial charge in [0.1, 0.15) is 0 Å². The third-order valence-corrected chi connectivity index (χ3v) is 3.79. The fourth-order valence-electron chi connectivity index (χ4n) is 1.66. The number of halogens is 2. The van der Waals surface area contributed by atoms with Crippen molar-refractivity contribution in [1.29, 1.82) is 0 Å². The summed E-state index contributed by atoms with van der Waals surface area (Å²) >= 11 is 9.42. The summed E-state index contributed by atoms with van der Waals surface area (Å²) in [7, 11) is 0. The molecule has 0 fully saturated rings. The summed E-state index contributed by atoms with van der Waals surface area (Å²) in [5.74, 6) is 0. The van der Waals surface area contributed by atoms with Gasteiger partial charge in [-0.1, -0.05) is 17.7 Å². The molecule has 1 aromatic rings. The molecule has 1 aliphatic carbocycles. The molecule has 1 nitrogen and oxygen atoms in total. The molecule has 0 unspecified atom stereocenters. The number of benzene rings is 1. The smallest absolute Gasteiger partial charge is 0.0551 e. The van der Waals surface area contributed by atoms with Gasteiger partial charge in [-0.05, 0) is 46.0 Å². The van der Waals surface area contributed by atoms with Gasteiger partial charge in [0.15, 0.2) is 0 Å². The normalized spacial score (nSPS) is 21.1. The van der Waals surface area contributed by atoms with Crippen molar-refractivity contribution >= 4 is 27.5 Å². The van der Waals surface area contributed by atoms with Crippen LogP contribution in [0.25, 0.3) is 0 Å². The zero-order chi connectivity index (χ0) is 8.72. The highest BCUT2D eigenvalue weighted by atomic mass is 79.9. The molecular formula is C9H9BrClN. The van der Waals surface area contributed by atoms with Gasteiger partial charge in [-0.2, -0.15) is 0 Å².